The fourth-order valence-corrected chi connectivity index (χ4v) is 3.67. The lowest BCUT2D eigenvalue weighted by molar-refractivity contribution is -0.385. The number of hydrogen-bond donors (Lipinski definition) is 0. The van der Waals surface area contributed by atoms with Crippen LogP contribution in [0, 0.1) is 28.4 Å². The van der Waals surface area contributed by atoms with Gasteiger partial charge >= 0.3 is 0 Å². The molecule has 0 atom stereocenters. The smallest absolute Gasteiger partial charge is 0.272 e. The number of rotatable bonds is 7. The Morgan fingerprint density at radius 3 is 2.67 bits per heavy atom. The average Bonchev–Trinajstić information content (AvgIpc) is 3.03. The van der Waals surface area contributed by atoms with Crippen molar-refractivity contribution >= 4 is 15.7 Å². The average molecular weight is 349 g/mol. The predicted molar refractivity (Wildman–Crippen MR) is 84.4 cm³/mol. The number of hydrogen-bond acceptors (Lipinski definition) is 6. The van der Waals surface area contributed by atoms with Crippen LogP contribution in [0.25, 0.3) is 0 Å². The molecule has 0 saturated carbocycles. The Hall–Kier alpha value is -2.70. The van der Waals surface area contributed by atoms with E-state index in [-0.39, 0.29) is 35.7 Å². The number of nitro groups is 1. The Morgan fingerprint density at radius 2 is 2.12 bits per heavy atom. The molecule has 2 rings (SSSR count). The summed E-state index contributed by atoms with van der Waals surface area (Å²) in [5, 5.41) is 19.6. The quantitative estimate of drug-likeness (QED) is 0.560. The third-order valence-electron chi connectivity index (χ3n) is 3.39. The number of aryl methyl sites for hydroxylation is 1. The van der Waals surface area contributed by atoms with Crippen LogP contribution >= 0.6 is 0 Å². The first kappa shape index (κ1) is 17.7. The van der Waals surface area contributed by atoms with E-state index >= 15 is 0 Å². The van der Waals surface area contributed by atoms with Gasteiger partial charge in [-0.15, -0.1) is 0 Å². The summed E-state index contributed by atoms with van der Waals surface area (Å²) in [5.41, 5.74) is 0.0999. The van der Waals surface area contributed by atoms with Gasteiger partial charge in [-0.3, -0.25) is 10.1 Å². The largest absolute Gasteiger partial charge is 0.468 e. The molecule has 0 aliphatic heterocycles. The van der Waals surface area contributed by atoms with Gasteiger partial charge < -0.3 is 4.42 Å². The number of nitrogens with zero attached hydrogens (tertiary/aromatic N) is 3. The summed E-state index contributed by atoms with van der Waals surface area (Å²) in [6, 6.07) is 8.80. The summed E-state index contributed by atoms with van der Waals surface area (Å²) < 4.78 is 31.9. The Bertz CT molecular complexity index is 869. The van der Waals surface area contributed by atoms with E-state index in [1.807, 2.05) is 6.07 Å². The van der Waals surface area contributed by atoms with Crippen LogP contribution in [0.2, 0.25) is 0 Å². The zero-order chi connectivity index (χ0) is 17.7. The second kappa shape index (κ2) is 7.25. The number of sulfonamides is 1. The number of benzene rings is 1. The van der Waals surface area contributed by atoms with Crippen molar-refractivity contribution in [1.82, 2.24) is 4.31 Å². The molecule has 1 aromatic carbocycles. The van der Waals surface area contributed by atoms with Crippen LogP contribution < -0.4 is 0 Å². The summed E-state index contributed by atoms with van der Waals surface area (Å²) in [7, 11) is -3.91. The molecule has 0 N–H and O–H groups in total. The molecule has 1 heterocycles. The second-order valence-electron chi connectivity index (χ2n) is 5.03. The minimum atomic E-state index is -3.91. The van der Waals surface area contributed by atoms with E-state index < -0.39 is 14.9 Å². The molecule has 126 valence electrons. The first-order chi connectivity index (χ1) is 11.4. The van der Waals surface area contributed by atoms with Crippen molar-refractivity contribution in [3.05, 3.63) is 58.0 Å². The number of nitriles is 1. The third-order valence-corrected chi connectivity index (χ3v) is 5.23. The van der Waals surface area contributed by atoms with Crippen LogP contribution in [-0.4, -0.2) is 24.2 Å². The summed E-state index contributed by atoms with van der Waals surface area (Å²) in [5.74, 6) is 0.440. The predicted octanol–water partition coefficient (Wildman–Crippen LogP) is 2.60. The molecule has 0 amide bonds. The number of furan rings is 1. The fourth-order valence-electron chi connectivity index (χ4n) is 2.18. The van der Waals surface area contributed by atoms with Gasteiger partial charge in [0, 0.05) is 24.6 Å². The van der Waals surface area contributed by atoms with Crippen molar-refractivity contribution < 1.29 is 17.8 Å². The van der Waals surface area contributed by atoms with Gasteiger partial charge in [0.05, 0.1) is 28.7 Å². The van der Waals surface area contributed by atoms with E-state index in [9.17, 15) is 18.5 Å². The van der Waals surface area contributed by atoms with Crippen LogP contribution in [-0.2, 0) is 16.6 Å². The van der Waals surface area contributed by atoms with Crippen LogP contribution in [0.3, 0.4) is 0 Å². The van der Waals surface area contributed by atoms with E-state index in [4.69, 9.17) is 9.68 Å². The molecule has 1 aromatic heterocycles. The van der Waals surface area contributed by atoms with E-state index in [1.54, 1.807) is 12.1 Å². The molecule has 9 heteroatoms. The molecule has 0 saturated heterocycles. The summed E-state index contributed by atoms with van der Waals surface area (Å²) in [6.45, 7) is 1.45. The maximum absolute atomic E-state index is 12.8. The third kappa shape index (κ3) is 3.79. The van der Waals surface area contributed by atoms with Crippen LogP contribution in [0.4, 0.5) is 5.69 Å². The van der Waals surface area contributed by atoms with Crippen molar-refractivity contribution in [1.29, 1.82) is 5.26 Å². The van der Waals surface area contributed by atoms with Gasteiger partial charge in [0.2, 0.25) is 10.0 Å². The monoisotopic (exact) mass is 349 g/mol. The Kier molecular flexibility index (Phi) is 5.33. The molecule has 8 nitrogen and oxygen atoms in total. The normalized spacial score (nSPS) is 11.4. The van der Waals surface area contributed by atoms with E-state index in [1.165, 1.54) is 25.3 Å². The van der Waals surface area contributed by atoms with Crippen molar-refractivity contribution in [2.24, 2.45) is 0 Å². The maximum atomic E-state index is 12.8. The molecule has 0 unspecified atom stereocenters. The molecular weight excluding hydrogens is 334 g/mol. The SMILES string of the molecule is Cc1cc(S(=O)(=O)N(CCC#N)Cc2ccco2)ccc1[N+](=O)[O-]. The highest BCUT2D eigenvalue weighted by Gasteiger charge is 2.26. The highest BCUT2D eigenvalue weighted by atomic mass is 32.2. The molecular formula is C15H15N3O5S. The zero-order valence-corrected chi connectivity index (χ0v) is 13.7. The second-order valence-corrected chi connectivity index (χ2v) is 6.97. The molecule has 2 aromatic rings. The van der Waals surface area contributed by atoms with Crippen molar-refractivity contribution in [3.8, 4) is 6.07 Å². The molecule has 0 radical (unpaired) electrons. The molecule has 0 fully saturated rings. The van der Waals surface area contributed by atoms with Crippen molar-refractivity contribution in [2.45, 2.75) is 24.8 Å². The molecule has 0 bridgehead atoms. The summed E-state index contributed by atoms with van der Waals surface area (Å²) in [6.07, 6.45) is 1.45. The molecule has 0 spiro atoms. The molecule has 0 aliphatic carbocycles. The minimum Gasteiger partial charge on any atom is -0.468 e. The van der Waals surface area contributed by atoms with Gasteiger partial charge in [-0.1, -0.05) is 0 Å². The van der Waals surface area contributed by atoms with Crippen LogP contribution in [0.5, 0.6) is 0 Å². The minimum absolute atomic E-state index is 0.00440. The van der Waals surface area contributed by atoms with Crippen LogP contribution in [0.15, 0.2) is 45.9 Å². The first-order valence-electron chi connectivity index (χ1n) is 7.01. The lowest BCUT2D eigenvalue weighted by Crippen LogP contribution is -2.31. The summed E-state index contributed by atoms with van der Waals surface area (Å²) >= 11 is 0. The van der Waals surface area contributed by atoms with Crippen molar-refractivity contribution in [3.63, 3.8) is 0 Å². The van der Waals surface area contributed by atoms with Gasteiger partial charge in [0.15, 0.2) is 0 Å². The highest BCUT2D eigenvalue weighted by molar-refractivity contribution is 7.89. The maximum Gasteiger partial charge on any atom is 0.272 e. The van der Waals surface area contributed by atoms with E-state index in [0.717, 1.165) is 10.4 Å². The molecule has 0 aliphatic rings. The van der Waals surface area contributed by atoms with E-state index in [0.29, 0.717) is 5.76 Å². The van der Waals surface area contributed by atoms with E-state index in [2.05, 4.69) is 0 Å². The van der Waals surface area contributed by atoms with Gasteiger partial charge in [-0.2, -0.15) is 9.57 Å². The van der Waals surface area contributed by atoms with Crippen molar-refractivity contribution in [2.75, 3.05) is 6.54 Å². The standard InChI is InChI=1S/C15H15N3O5S/c1-12-10-14(5-6-15(12)18(19)20)24(21,22)17(8-3-7-16)11-13-4-2-9-23-13/h2,4-6,9-10H,3,8,11H2,1H3. The Balaban J connectivity index is 2.38. The lowest BCUT2D eigenvalue weighted by Gasteiger charge is -2.20. The Labute approximate surface area is 139 Å². The number of nitro benzene ring substituents is 1. The fraction of sp³-hybridized carbons (Fsp3) is 0.267. The van der Waals surface area contributed by atoms with Gasteiger partial charge in [0.1, 0.15) is 5.76 Å². The Morgan fingerprint density at radius 1 is 1.38 bits per heavy atom. The van der Waals surface area contributed by atoms with Crippen LogP contribution in [0.1, 0.15) is 17.7 Å². The van der Waals surface area contributed by atoms with Gasteiger partial charge in [0.25, 0.3) is 5.69 Å². The summed E-state index contributed by atoms with van der Waals surface area (Å²) in [4.78, 5) is 10.2. The van der Waals surface area contributed by atoms with Gasteiger partial charge in [-0.25, -0.2) is 8.42 Å². The first-order valence-corrected chi connectivity index (χ1v) is 8.45. The highest BCUT2D eigenvalue weighted by Crippen LogP contribution is 2.25. The topological polar surface area (TPSA) is 117 Å². The van der Waals surface area contributed by atoms with Gasteiger partial charge in [-0.05, 0) is 31.2 Å². The lowest BCUT2D eigenvalue weighted by atomic mass is 10.2. The molecule has 24 heavy (non-hydrogen) atoms. The zero-order valence-electron chi connectivity index (χ0n) is 12.9.